The number of hydrogen-bond acceptors (Lipinski definition) is 3. The molecule has 0 aromatic heterocycles. The van der Waals surface area contributed by atoms with E-state index in [0.29, 0.717) is 13.0 Å². The van der Waals surface area contributed by atoms with Crippen LogP contribution in [-0.2, 0) is 13.3 Å². The van der Waals surface area contributed by atoms with Gasteiger partial charge in [0.15, 0.2) is 0 Å². The van der Waals surface area contributed by atoms with Crippen LogP contribution < -0.4 is 0 Å². The van der Waals surface area contributed by atoms with Gasteiger partial charge in [-0.05, 0) is 13.8 Å². The molecule has 0 heterocycles. The SMILES string of the molecule is C=CCC(C)O[Si](=O)OCC. The lowest BCUT2D eigenvalue weighted by molar-refractivity contribution is 0.131. The molecule has 0 amide bonds. The Labute approximate surface area is 68.9 Å². The normalized spacial score (nSPS) is 11.8. The van der Waals surface area contributed by atoms with Crippen LogP contribution in [0.15, 0.2) is 12.7 Å². The second-order valence-corrected chi connectivity index (χ2v) is 3.16. The first kappa shape index (κ1) is 10.4. The fourth-order valence-corrected chi connectivity index (χ4v) is 1.33. The molecular formula is C7H14O3Si. The zero-order valence-electron chi connectivity index (χ0n) is 7.00. The third-order valence-electron chi connectivity index (χ3n) is 1.06. The smallest absolute Gasteiger partial charge is 0.496 e. The van der Waals surface area contributed by atoms with Crippen molar-refractivity contribution in [1.29, 1.82) is 0 Å². The Morgan fingerprint density at radius 1 is 1.73 bits per heavy atom. The third-order valence-corrected chi connectivity index (χ3v) is 2.18. The summed E-state index contributed by atoms with van der Waals surface area (Å²) >= 11 is 0. The monoisotopic (exact) mass is 174 g/mol. The van der Waals surface area contributed by atoms with Gasteiger partial charge in [-0.2, -0.15) is 0 Å². The Morgan fingerprint density at radius 3 is 2.82 bits per heavy atom. The summed E-state index contributed by atoms with van der Waals surface area (Å²) in [6.07, 6.45) is 2.36. The summed E-state index contributed by atoms with van der Waals surface area (Å²) in [4.78, 5) is 0. The van der Waals surface area contributed by atoms with Gasteiger partial charge in [0, 0.05) is 6.42 Å². The zero-order chi connectivity index (χ0) is 8.69. The molecule has 0 saturated heterocycles. The van der Waals surface area contributed by atoms with Crippen LogP contribution in [-0.4, -0.2) is 21.9 Å². The van der Waals surface area contributed by atoms with Gasteiger partial charge in [0.1, 0.15) is 0 Å². The number of hydrogen-bond donors (Lipinski definition) is 0. The predicted molar refractivity (Wildman–Crippen MR) is 43.4 cm³/mol. The highest BCUT2D eigenvalue weighted by Gasteiger charge is 2.12. The summed E-state index contributed by atoms with van der Waals surface area (Å²) in [5, 5.41) is 0. The van der Waals surface area contributed by atoms with Gasteiger partial charge in [0.25, 0.3) is 0 Å². The van der Waals surface area contributed by atoms with E-state index in [-0.39, 0.29) is 6.10 Å². The van der Waals surface area contributed by atoms with E-state index in [0.717, 1.165) is 0 Å². The lowest BCUT2D eigenvalue weighted by atomic mass is 10.3. The van der Waals surface area contributed by atoms with Crippen LogP contribution >= 0.6 is 0 Å². The molecule has 1 unspecified atom stereocenters. The Morgan fingerprint density at radius 2 is 2.36 bits per heavy atom. The van der Waals surface area contributed by atoms with Crippen molar-refractivity contribution in [3.8, 4) is 0 Å². The quantitative estimate of drug-likeness (QED) is 0.451. The molecule has 0 rings (SSSR count). The molecule has 0 N–H and O–H groups in total. The summed E-state index contributed by atoms with van der Waals surface area (Å²) in [6.45, 7) is 7.59. The largest absolute Gasteiger partial charge is 0.767 e. The summed E-state index contributed by atoms with van der Waals surface area (Å²) in [5.74, 6) is 0. The van der Waals surface area contributed by atoms with Crippen LogP contribution in [0.2, 0.25) is 0 Å². The van der Waals surface area contributed by atoms with Crippen molar-refractivity contribution in [2.45, 2.75) is 26.4 Å². The van der Waals surface area contributed by atoms with Crippen LogP contribution in [0.3, 0.4) is 0 Å². The van der Waals surface area contributed by atoms with E-state index in [2.05, 4.69) is 6.58 Å². The van der Waals surface area contributed by atoms with Gasteiger partial charge in [-0.1, -0.05) is 6.08 Å². The van der Waals surface area contributed by atoms with Crippen molar-refractivity contribution in [3.63, 3.8) is 0 Å². The minimum absolute atomic E-state index is 0.0644. The van der Waals surface area contributed by atoms with E-state index in [4.69, 9.17) is 8.85 Å². The second kappa shape index (κ2) is 6.09. The van der Waals surface area contributed by atoms with E-state index in [9.17, 15) is 4.46 Å². The van der Waals surface area contributed by atoms with Crippen molar-refractivity contribution in [3.05, 3.63) is 12.7 Å². The highest BCUT2D eigenvalue weighted by Crippen LogP contribution is 1.97. The Kier molecular flexibility index (Phi) is 5.74. The summed E-state index contributed by atoms with van der Waals surface area (Å²) in [7, 11) is -2.26. The Balaban J connectivity index is 3.48. The lowest BCUT2D eigenvalue weighted by Gasteiger charge is -2.09. The van der Waals surface area contributed by atoms with E-state index in [1.807, 2.05) is 6.92 Å². The average Bonchev–Trinajstić information content (AvgIpc) is 1.87. The zero-order valence-corrected chi connectivity index (χ0v) is 8.00. The van der Waals surface area contributed by atoms with Gasteiger partial charge in [-0.3, -0.25) is 4.46 Å². The van der Waals surface area contributed by atoms with Gasteiger partial charge in [-0.15, -0.1) is 6.58 Å². The van der Waals surface area contributed by atoms with Crippen LogP contribution in [0.4, 0.5) is 0 Å². The van der Waals surface area contributed by atoms with E-state index >= 15 is 0 Å². The van der Waals surface area contributed by atoms with Crippen LogP contribution in [0.5, 0.6) is 0 Å². The fraction of sp³-hybridized carbons (Fsp3) is 0.714. The minimum Gasteiger partial charge on any atom is -0.496 e. The van der Waals surface area contributed by atoms with E-state index in [1.165, 1.54) is 0 Å². The predicted octanol–water partition coefficient (Wildman–Crippen LogP) is 1.42. The van der Waals surface area contributed by atoms with Crippen molar-refractivity contribution in [2.24, 2.45) is 0 Å². The Bertz CT molecular complexity index is 136. The third kappa shape index (κ3) is 5.78. The molecule has 4 heteroatoms. The molecule has 1 atom stereocenters. The van der Waals surface area contributed by atoms with Crippen LogP contribution in [0.25, 0.3) is 0 Å². The fourth-order valence-electron chi connectivity index (χ4n) is 0.599. The van der Waals surface area contributed by atoms with E-state index in [1.54, 1.807) is 13.0 Å². The molecule has 0 aromatic carbocycles. The van der Waals surface area contributed by atoms with Crippen molar-refractivity contribution < 1.29 is 13.3 Å². The van der Waals surface area contributed by atoms with Gasteiger partial charge in [-0.25, -0.2) is 0 Å². The van der Waals surface area contributed by atoms with Gasteiger partial charge < -0.3 is 8.85 Å². The molecule has 0 fully saturated rings. The van der Waals surface area contributed by atoms with Gasteiger partial charge in [0.2, 0.25) is 0 Å². The maximum absolute atomic E-state index is 10.8. The van der Waals surface area contributed by atoms with E-state index < -0.39 is 9.17 Å². The van der Waals surface area contributed by atoms with Crippen molar-refractivity contribution in [2.75, 3.05) is 6.61 Å². The van der Waals surface area contributed by atoms with Crippen molar-refractivity contribution >= 4 is 9.17 Å². The van der Waals surface area contributed by atoms with Gasteiger partial charge in [0.05, 0.1) is 12.7 Å². The van der Waals surface area contributed by atoms with Crippen LogP contribution in [0, 0.1) is 0 Å². The maximum atomic E-state index is 10.8. The molecule has 11 heavy (non-hydrogen) atoms. The summed E-state index contributed by atoms with van der Waals surface area (Å²) < 4.78 is 20.6. The summed E-state index contributed by atoms with van der Waals surface area (Å²) in [6, 6.07) is 0. The first-order valence-electron chi connectivity index (χ1n) is 3.65. The molecule has 0 aliphatic rings. The highest BCUT2D eigenvalue weighted by atomic mass is 28.3. The molecule has 64 valence electrons. The Hall–Kier alpha value is -0.643. The van der Waals surface area contributed by atoms with Gasteiger partial charge >= 0.3 is 9.17 Å². The maximum Gasteiger partial charge on any atom is 0.767 e. The minimum atomic E-state index is -2.26. The molecule has 3 nitrogen and oxygen atoms in total. The second-order valence-electron chi connectivity index (χ2n) is 2.14. The molecule has 0 bridgehead atoms. The average molecular weight is 174 g/mol. The molecule has 0 spiro atoms. The molecule has 0 saturated carbocycles. The first-order valence-corrected chi connectivity index (χ1v) is 4.87. The van der Waals surface area contributed by atoms with Crippen LogP contribution in [0.1, 0.15) is 20.3 Å². The van der Waals surface area contributed by atoms with Crippen molar-refractivity contribution in [1.82, 2.24) is 0 Å². The standard InChI is InChI=1S/C7H14O3Si/c1-4-6-7(3)10-11(8)9-5-2/h4,7H,1,5-6H2,2-3H3. The summed E-state index contributed by atoms with van der Waals surface area (Å²) in [5.41, 5.74) is 0. The first-order chi connectivity index (χ1) is 5.20. The molecule has 0 radical (unpaired) electrons. The molecule has 0 aromatic rings. The molecular weight excluding hydrogens is 160 g/mol. The molecule has 0 aliphatic carbocycles. The number of rotatable bonds is 6. The topological polar surface area (TPSA) is 35.5 Å². The molecule has 0 aliphatic heterocycles. The lowest BCUT2D eigenvalue weighted by Crippen LogP contribution is -2.18. The highest BCUT2D eigenvalue weighted by molar-refractivity contribution is 6.26.